The normalized spacial score (nSPS) is 10.5. The van der Waals surface area contributed by atoms with Gasteiger partial charge in [-0.3, -0.25) is 19.1 Å². The van der Waals surface area contributed by atoms with E-state index >= 15 is 0 Å². The second-order valence-corrected chi connectivity index (χ2v) is 8.11. The van der Waals surface area contributed by atoms with Gasteiger partial charge < -0.3 is 15.4 Å². The monoisotopic (exact) mass is 474 g/mol. The molecule has 0 radical (unpaired) electrons. The van der Waals surface area contributed by atoms with Gasteiger partial charge in [0.25, 0.3) is 0 Å². The maximum Gasteiger partial charge on any atom is 0.234 e. The molecular formula is C24H22N6O3S. The molecule has 0 unspecified atom stereocenters. The molecule has 2 N–H and O–H groups in total. The molecule has 9 nitrogen and oxygen atoms in total. The number of ether oxygens (including phenoxy) is 1. The zero-order valence-corrected chi connectivity index (χ0v) is 19.4. The number of methoxy groups -OCH3 is 1. The van der Waals surface area contributed by atoms with Gasteiger partial charge in [-0.1, -0.05) is 11.8 Å². The third kappa shape index (κ3) is 5.59. The highest BCUT2D eigenvalue weighted by Crippen LogP contribution is 2.28. The van der Waals surface area contributed by atoms with Crippen molar-refractivity contribution >= 4 is 35.0 Å². The summed E-state index contributed by atoms with van der Waals surface area (Å²) < 4.78 is 7.16. The lowest BCUT2D eigenvalue weighted by atomic mass is 10.2. The molecule has 2 heterocycles. The van der Waals surface area contributed by atoms with Crippen molar-refractivity contribution in [2.75, 3.05) is 23.5 Å². The van der Waals surface area contributed by atoms with Crippen molar-refractivity contribution in [2.24, 2.45) is 0 Å². The number of hydrogen-bond donors (Lipinski definition) is 2. The maximum absolute atomic E-state index is 12.6. The van der Waals surface area contributed by atoms with E-state index in [4.69, 9.17) is 4.74 Å². The quantitative estimate of drug-likeness (QED) is 0.371. The van der Waals surface area contributed by atoms with E-state index in [1.807, 2.05) is 41.0 Å². The summed E-state index contributed by atoms with van der Waals surface area (Å²) in [4.78, 5) is 27.8. The highest BCUT2D eigenvalue weighted by Gasteiger charge is 2.17. The molecule has 0 saturated carbocycles. The second-order valence-electron chi connectivity index (χ2n) is 7.17. The second kappa shape index (κ2) is 10.6. The first-order chi connectivity index (χ1) is 16.5. The van der Waals surface area contributed by atoms with Gasteiger partial charge in [0.15, 0.2) is 11.0 Å². The SMILES string of the molecule is COc1ccc(-n2c(SCC(=O)Nc3ccc(NC(C)=O)cc3)nnc2-c2ccncc2)cc1. The molecule has 4 rings (SSSR count). The molecule has 10 heteroatoms. The highest BCUT2D eigenvalue weighted by atomic mass is 32.2. The standard InChI is InChI=1S/C24H22N6O3S/c1-16(31)26-18-3-5-19(6-4-18)27-22(32)15-34-24-29-28-23(17-11-13-25-14-12-17)30(24)20-7-9-21(33-2)10-8-20/h3-14H,15H2,1-2H3,(H,26,31)(H,27,32). The maximum atomic E-state index is 12.6. The van der Waals surface area contributed by atoms with E-state index in [1.54, 1.807) is 43.8 Å². The molecule has 2 aromatic heterocycles. The Morgan fingerprint density at radius 2 is 1.56 bits per heavy atom. The number of rotatable bonds is 8. The average molecular weight is 475 g/mol. The first-order valence-corrected chi connectivity index (χ1v) is 11.3. The van der Waals surface area contributed by atoms with Gasteiger partial charge in [0.1, 0.15) is 5.75 Å². The zero-order valence-electron chi connectivity index (χ0n) is 18.6. The number of pyridine rings is 1. The lowest BCUT2D eigenvalue weighted by Crippen LogP contribution is -2.14. The number of carbonyl (C=O) groups is 2. The van der Waals surface area contributed by atoms with Crippen molar-refractivity contribution in [2.45, 2.75) is 12.1 Å². The largest absolute Gasteiger partial charge is 0.497 e. The first-order valence-electron chi connectivity index (χ1n) is 10.3. The van der Waals surface area contributed by atoms with Crippen molar-refractivity contribution in [3.63, 3.8) is 0 Å². The molecule has 0 aliphatic heterocycles. The van der Waals surface area contributed by atoms with Gasteiger partial charge in [-0.15, -0.1) is 10.2 Å². The molecule has 0 saturated heterocycles. The zero-order chi connectivity index (χ0) is 23.9. The Labute approximate surface area is 200 Å². The van der Waals surface area contributed by atoms with Crippen LogP contribution in [0.25, 0.3) is 17.1 Å². The van der Waals surface area contributed by atoms with Crippen LogP contribution in [0.5, 0.6) is 5.75 Å². The highest BCUT2D eigenvalue weighted by molar-refractivity contribution is 7.99. The summed E-state index contributed by atoms with van der Waals surface area (Å²) in [6, 6.07) is 18.2. The summed E-state index contributed by atoms with van der Waals surface area (Å²) in [5.41, 5.74) is 2.99. The summed E-state index contributed by atoms with van der Waals surface area (Å²) in [7, 11) is 1.61. The number of anilines is 2. The van der Waals surface area contributed by atoms with E-state index < -0.39 is 0 Å². The fourth-order valence-corrected chi connectivity index (χ4v) is 3.93. The lowest BCUT2D eigenvalue weighted by molar-refractivity contribution is -0.114. The number of benzene rings is 2. The number of carbonyl (C=O) groups excluding carboxylic acids is 2. The van der Waals surface area contributed by atoms with Crippen molar-refractivity contribution in [3.8, 4) is 22.8 Å². The number of aromatic nitrogens is 4. The van der Waals surface area contributed by atoms with Crippen molar-refractivity contribution in [1.29, 1.82) is 0 Å². The molecule has 2 amide bonds. The Bertz CT molecular complexity index is 1270. The van der Waals surface area contributed by atoms with Gasteiger partial charge in [-0.05, 0) is 60.7 Å². The van der Waals surface area contributed by atoms with Gasteiger partial charge in [0, 0.05) is 41.9 Å². The molecule has 0 atom stereocenters. The Morgan fingerprint density at radius 3 is 2.18 bits per heavy atom. The third-order valence-electron chi connectivity index (χ3n) is 4.72. The van der Waals surface area contributed by atoms with Crippen LogP contribution in [0.3, 0.4) is 0 Å². The minimum absolute atomic E-state index is 0.137. The number of thioether (sulfide) groups is 1. The fraction of sp³-hybridized carbons (Fsp3) is 0.125. The van der Waals surface area contributed by atoms with Crippen molar-refractivity contribution < 1.29 is 14.3 Å². The van der Waals surface area contributed by atoms with Crippen LogP contribution < -0.4 is 15.4 Å². The molecule has 0 fully saturated rings. The summed E-state index contributed by atoms with van der Waals surface area (Å²) in [6.07, 6.45) is 3.39. The van der Waals surface area contributed by atoms with Crippen LogP contribution in [0.4, 0.5) is 11.4 Å². The number of amides is 2. The van der Waals surface area contributed by atoms with E-state index in [9.17, 15) is 9.59 Å². The van der Waals surface area contributed by atoms with Crippen LogP contribution in [-0.2, 0) is 9.59 Å². The minimum Gasteiger partial charge on any atom is -0.497 e. The van der Waals surface area contributed by atoms with Crippen LogP contribution >= 0.6 is 11.8 Å². The molecule has 0 aliphatic rings. The van der Waals surface area contributed by atoms with Gasteiger partial charge in [-0.25, -0.2) is 0 Å². The molecular weight excluding hydrogens is 452 g/mol. The van der Waals surface area contributed by atoms with Gasteiger partial charge >= 0.3 is 0 Å². The molecule has 0 bridgehead atoms. The predicted octanol–water partition coefficient (Wildman–Crippen LogP) is 4.03. The van der Waals surface area contributed by atoms with E-state index in [-0.39, 0.29) is 17.6 Å². The fourth-order valence-electron chi connectivity index (χ4n) is 3.18. The van der Waals surface area contributed by atoms with Gasteiger partial charge in [-0.2, -0.15) is 0 Å². The Balaban J connectivity index is 1.51. The molecule has 0 aliphatic carbocycles. The Morgan fingerprint density at radius 1 is 0.912 bits per heavy atom. The van der Waals surface area contributed by atoms with Crippen LogP contribution in [0, 0.1) is 0 Å². The van der Waals surface area contributed by atoms with E-state index in [1.165, 1.54) is 18.7 Å². The number of nitrogens with zero attached hydrogens (tertiary/aromatic N) is 4. The van der Waals surface area contributed by atoms with Crippen LogP contribution in [-0.4, -0.2) is 44.4 Å². The molecule has 0 spiro atoms. The van der Waals surface area contributed by atoms with Crippen LogP contribution in [0.1, 0.15) is 6.92 Å². The number of hydrogen-bond acceptors (Lipinski definition) is 7. The molecule has 4 aromatic rings. The average Bonchev–Trinajstić information content (AvgIpc) is 3.28. The molecule has 2 aromatic carbocycles. The summed E-state index contributed by atoms with van der Waals surface area (Å²) in [5.74, 6) is 1.18. The van der Waals surface area contributed by atoms with E-state index in [2.05, 4.69) is 25.8 Å². The van der Waals surface area contributed by atoms with E-state index in [0.717, 1.165) is 17.0 Å². The summed E-state index contributed by atoms with van der Waals surface area (Å²) in [6.45, 7) is 1.44. The van der Waals surface area contributed by atoms with Gasteiger partial charge in [0.05, 0.1) is 12.9 Å². The third-order valence-corrected chi connectivity index (χ3v) is 5.65. The lowest BCUT2D eigenvalue weighted by Gasteiger charge is -2.11. The Hall–Kier alpha value is -4.18. The van der Waals surface area contributed by atoms with Crippen LogP contribution in [0.15, 0.2) is 78.2 Å². The summed E-state index contributed by atoms with van der Waals surface area (Å²) in [5, 5.41) is 14.8. The van der Waals surface area contributed by atoms with Crippen LogP contribution in [0.2, 0.25) is 0 Å². The topological polar surface area (TPSA) is 111 Å². The van der Waals surface area contributed by atoms with Crippen molar-refractivity contribution in [1.82, 2.24) is 19.7 Å². The smallest absolute Gasteiger partial charge is 0.234 e. The molecule has 34 heavy (non-hydrogen) atoms. The van der Waals surface area contributed by atoms with Gasteiger partial charge in [0.2, 0.25) is 11.8 Å². The minimum atomic E-state index is -0.188. The Kier molecular flexibility index (Phi) is 7.19. The molecule has 172 valence electrons. The summed E-state index contributed by atoms with van der Waals surface area (Å²) >= 11 is 1.28. The van der Waals surface area contributed by atoms with E-state index in [0.29, 0.717) is 22.4 Å². The first kappa shape index (κ1) is 23.0. The predicted molar refractivity (Wildman–Crippen MR) is 131 cm³/mol. The number of nitrogens with one attached hydrogen (secondary N) is 2. The van der Waals surface area contributed by atoms with Crippen molar-refractivity contribution in [3.05, 3.63) is 73.1 Å².